The van der Waals surface area contributed by atoms with Crippen LogP contribution >= 0.6 is 23.1 Å². The van der Waals surface area contributed by atoms with Gasteiger partial charge in [0.15, 0.2) is 6.61 Å². The van der Waals surface area contributed by atoms with Crippen molar-refractivity contribution in [3.63, 3.8) is 0 Å². The molecule has 1 N–H and O–H groups in total. The second kappa shape index (κ2) is 9.75. The topological polar surface area (TPSA) is 81.7 Å². The summed E-state index contributed by atoms with van der Waals surface area (Å²) in [7, 11) is 0. The largest absolute Gasteiger partial charge is 0.462 e. The van der Waals surface area contributed by atoms with E-state index in [1.165, 1.54) is 23.1 Å². The number of carbonyl (C=O) groups excluding carboxylic acids is 3. The molecule has 0 unspecified atom stereocenters. The van der Waals surface area contributed by atoms with Crippen LogP contribution in [-0.4, -0.2) is 36.8 Å². The fourth-order valence-electron chi connectivity index (χ4n) is 2.58. The summed E-state index contributed by atoms with van der Waals surface area (Å²) in [6.07, 6.45) is 2.07. The monoisotopic (exact) mass is 419 g/mol. The number of benzene rings is 1. The van der Waals surface area contributed by atoms with Crippen molar-refractivity contribution in [2.45, 2.75) is 30.6 Å². The maximum absolute atomic E-state index is 12.3. The molecular formula is C20H21NO5S2. The van der Waals surface area contributed by atoms with Crippen molar-refractivity contribution >= 4 is 45.9 Å². The van der Waals surface area contributed by atoms with Crippen LogP contribution in [0.4, 0.5) is 5.00 Å². The van der Waals surface area contributed by atoms with Crippen LogP contribution in [0.3, 0.4) is 0 Å². The van der Waals surface area contributed by atoms with E-state index in [0.717, 1.165) is 23.3 Å². The maximum atomic E-state index is 12.3. The van der Waals surface area contributed by atoms with E-state index in [2.05, 4.69) is 5.32 Å². The molecule has 1 aliphatic rings. The normalized spacial score (nSPS) is 13.0. The molecule has 148 valence electrons. The predicted molar refractivity (Wildman–Crippen MR) is 109 cm³/mol. The maximum Gasteiger partial charge on any atom is 0.341 e. The quantitative estimate of drug-likeness (QED) is 0.487. The van der Waals surface area contributed by atoms with E-state index in [1.54, 1.807) is 6.92 Å². The highest BCUT2D eigenvalue weighted by molar-refractivity contribution is 8.00. The summed E-state index contributed by atoms with van der Waals surface area (Å²) in [5.74, 6) is -0.908. The summed E-state index contributed by atoms with van der Waals surface area (Å²) in [6, 6.07) is 9.47. The van der Waals surface area contributed by atoms with Gasteiger partial charge in [0.1, 0.15) is 5.00 Å². The van der Waals surface area contributed by atoms with Crippen molar-refractivity contribution in [3.8, 4) is 0 Å². The lowest BCUT2D eigenvalue weighted by Crippen LogP contribution is -2.22. The number of ether oxygens (including phenoxy) is 2. The van der Waals surface area contributed by atoms with Gasteiger partial charge in [0, 0.05) is 4.90 Å². The average Bonchev–Trinajstić information content (AvgIpc) is 3.46. The summed E-state index contributed by atoms with van der Waals surface area (Å²) in [5.41, 5.74) is 1.35. The van der Waals surface area contributed by atoms with Gasteiger partial charge in [-0.15, -0.1) is 23.1 Å². The first kappa shape index (κ1) is 20.4. The number of hydrogen-bond acceptors (Lipinski definition) is 7. The Hall–Kier alpha value is -2.32. The minimum absolute atomic E-state index is 0.121. The average molecular weight is 420 g/mol. The molecule has 1 heterocycles. The molecule has 1 saturated carbocycles. The first-order valence-corrected chi connectivity index (χ1v) is 10.9. The zero-order valence-electron chi connectivity index (χ0n) is 15.4. The molecule has 0 aliphatic heterocycles. The van der Waals surface area contributed by atoms with Crippen LogP contribution in [0.1, 0.15) is 41.6 Å². The summed E-state index contributed by atoms with van der Waals surface area (Å²) in [5, 5.41) is 5.01. The van der Waals surface area contributed by atoms with Gasteiger partial charge >= 0.3 is 11.9 Å². The molecular weight excluding hydrogens is 398 g/mol. The Morgan fingerprint density at radius 2 is 1.93 bits per heavy atom. The van der Waals surface area contributed by atoms with E-state index in [4.69, 9.17) is 9.47 Å². The van der Waals surface area contributed by atoms with Crippen LogP contribution in [-0.2, 0) is 19.1 Å². The van der Waals surface area contributed by atoms with Gasteiger partial charge in [-0.3, -0.25) is 9.59 Å². The lowest BCUT2D eigenvalue weighted by molar-refractivity contribution is -0.144. The molecule has 0 spiro atoms. The molecule has 0 atom stereocenters. The van der Waals surface area contributed by atoms with Crippen LogP contribution < -0.4 is 5.32 Å². The van der Waals surface area contributed by atoms with Crippen LogP contribution in [0.2, 0.25) is 0 Å². The van der Waals surface area contributed by atoms with E-state index < -0.39 is 24.5 Å². The van der Waals surface area contributed by atoms with Gasteiger partial charge in [-0.25, -0.2) is 4.79 Å². The zero-order chi connectivity index (χ0) is 19.9. The number of nitrogens with one attached hydrogen (secondary N) is 1. The van der Waals surface area contributed by atoms with Gasteiger partial charge in [0.25, 0.3) is 5.91 Å². The third-order valence-electron chi connectivity index (χ3n) is 4.03. The Kier molecular flexibility index (Phi) is 7.11. The molecule has 0 bridgehead atoms. The standard InChI is InChI=1S/C20H21NO5S2/c1-2-25-20(24)18-15(13-8-9-13)11-28-19(18)21-16(22)10-26-17(23)12-27-14-6-4-3-5-7-14/h3-7,11,13H,2,8-10,12H2,1H3,(H,21,22). The van der Waals surface area contributed by atoms with Crippen LogP contribution in [0.25, 0.3) is 0 Å². The van der Waals surface area contributed by atoms with Gasteiger partial charge in [0.2, 0.25) is 0 Å². The second-order valence-electron chi connectivity index (χ2n) is 6.20. The van der Waals surface area contributed by atoms with E-state index in [1.807, 2.05) is 35.7 Å². The summed E-state index contributed by atoms with van der Waals surface area (Å²) >= 11 is 2.64. The van der Waals surface area contributed by atoms with Crippen molar-refractivity contribution < 1.29 is 23.9 Å². The van der Waals surface area contributed by atoms with Crippen LogP contribution in [0, 0.1) is 0 Å². The highest BCUT2D eigenvalue weighted by Gasteiger charge is 2.32. The Balaban J connectivity index is 1.52. The van der Waals surface area contributed by atoms with Crippen molar-refractivity contribution in [3.05, 3.63) is 46.8 Å². The van der Waals surface area contributed by atoms with Gasteiger partial charge in [-0.05, 0) is 48.8 Å². The third kappa shape index (κ3) is 5.59. The van der Waals surface area contributed by atoms with Gasteiger partial charge < -0.3 is 14.8 Å². The molecule has 8 heteroatoms. The molecule has 1 aromatic heterocycles. The van der Waals surface area contributed by atoms with E-state index in [9.17, 15) is 14.4 Å². The Bertz CT molecular complexity index is 846. The van der Waals surface area contributed by atoms with Crippen molar-refractivity contribution in [1.29, 1.82) is 0 Å². The molecule has 3 rings (SSSR count). The SMILES string of the molecule is CCOC(=O)c1c(C2CC2)csc1NC(=O)COC(=O)CSc1ccccc1. The molecule has 1 fully saturated rings. The highest BCUT2D eigenvalue weighted by Crippen LogP contribution is 2.46. The molecule has 2 aromatic rings. The Morgan fingerprint density at radius 3 is 2.61 bits per heavy atom. The van der Waals surface area contributed by atoms with E-state index >= 15 is 0 Å². The molecule has 1 aliphatic carbocycles. The fourth-order valence-corrected chi connectivity index (χ4v) is 4.35. The van der Waals surface area contributed by atoms with Crippen LogP contribution in [0.15, 0.2) is 40.6 Å². The molecule has 1 aromatic carbocycles. The molecule has 6 nitrogen and oxygen atoms in total. The second-order valence-corrected chi connectivity index (χ2v) is 8.13. The minimum atomic E-state index is -0.479. The molecule has 1 amide bonds. The van der Waals surface area contributed by atoms with Crippen molar-refractivity contribution in [2.24, 2.45) is 0 Å². The smallest absolute Gasteiger partial charge is 0.341 e. The molecule has 28 heavy (non-hydrogen) atoms. The van der Waals surface area contributed by atoms with Gasteiger partial charge in [-0.1, -0.05) is 18.2 Å². The number of thioether (sulfide) groups is 1. The Labute approximate surface area is 171 Å². The number of hydrogen-bond donors (Lipinski definition) is 1. The number of rotatable bonds is 9. The number of carbonyl (C=O) groups is 3. The lowest BCUT2D eigenvalue weighted by atomic mass is 10.1. The molecule has 0 saturated heterocycles. The Morgan fingerprint density at radius 1 is 1.18 bits per heavy atom. The van der Waals surface area contributed by atoms with Crippen molar-refractivity contribution in [1.82, 2.24) is 0 Å². The summed E-state index contributed by atoms with van der Waals surface area (Å²) in [4.78, 5) is 37.3. The number of anilines is 1. The number of esters is 2. The summed E-state index contributed by atoms with van der Waals surface area (Å²) < 4.78 is 10.2. The lowest BCUT2D eigenvalue weighted by Gasteiger charge is -2.09. The first-order chi connectivity index (χ1) is 13.6. The molecule has 0 radical (unpaired) electrons. The van der Waals surface area contributed by atoms with E-state index in [0.29, 0.717) is 16.5 Å². The first-order valence-electron chi connectivity index (χ1n) is 9.00. The van der Waals surface area contributed by atoms with Crippen molar-refractivity contribution in [2.75, 3.05) is 24.3 Å². The zero-order valence-corrected chi connectivity index (χ0v) is 17.1. The van der Waals surface area contributed by atoms with Gasteiger partial charge in [0.05, 0.1) is 17.9 Å². The number of thiophene rings is 1. The van der Waals surface area contributed by atoms with Crippen LogP contribution in [0.5, 0.6) is 0 Å². The van der Waals surface area contributed by atoms with E-state index in [-0.39, 0.29) is 12.4 Å². The van der Waals surface area contributed by atoms with Gasteiger partial charge in [-0.2, -0.15) is 0 Å². The minimum Gasteiger partial charge on any atom is -0.462 e. The predicted octanol–water partition coefficient (Wildman–Crippen LogP) is 4.08. The summed E-state index contributed by atoms with van der Waals surface area (Å²) in [6.45, 7) is 1.61. The highest BCUT2D eigenvalue weighted by atomic mass is 32.2. The third-order valence-corrected chi connectivity index (χ3v) is 5.93. The number of amides is 1. The fraction of sp³-hybridized carbons (Fsp3) is 0.350.